The lowest BCUT2D eigenvalue weighted by atomic mass is 10.3. The Hall–Kier alpha value is -1.05. The van der Waals surface area contributed by atoms with Gasteiger partial charge in [0.1, 0.15) is 0 Å². The first-order valence-corrected chi connectivity index (χ1v) is 8.13. The van der Waals surface area contributed by atoms with Gasteiger partial charge in [-0.3, -0.25) is 14.5 Å². The molecule has 2 N–H and O–H groups in total. The summed E-state index contributed by atoms with van der Waals surface area (Å²) in [5.41, 5.74) is 0.464. The Morgan fingerprint density at radius 2 is 1.92 bits per heavy atom. The molecule has 0 radical (unpaired) electrons. The maximum Gasteiger partial charge on any atom is 0.238 e. The van der Waals surface area contributed by atoms with Crippen molar-refractivity contribution in [3.8, 4) is 0 Å². The number of nitrogens with one attached hydrogen (secondary N) is 2. The van der Waals surface area contributed by atoms with Gasteiger partial charge in [0.15, 0.2) is 0 Å². The molecule has 9 heteroatoms. The fraction of sp³-hybridized carbons (Fsp3) is 0.467. The van der Waals surface area contributed by atoms with Crippen LogP contribution in [0.2, 0.25) is 10.0 Å². The summed E-state index contributed by atoms with van der Waals surface area (Å²) in [4.78, 5) is 27.7. The van der Waals surface area contributed by atoms with Crippen molar-refractivity contribution >= 4 is 53.1 Å². The summed E-state index contributed by atoms with van der Waals surface area (Å²) >= 11 is 11.9. The Morgan fingerprint density at radius 3 is 2.58 bits per heavy atom. The molecule has 6 nitrogen and oxygen atoms in total. The van der Waals surface area contributed by atoms with Gasteiger partial charge in [0.25, 0.3) is 0 Å². The van der Waals surface area contributed by atoms with Crippen molar-refractivity contribution in [3.05, 3.63) is 28.2 Å². The summed E-state index contributed by atoms with van der Waals surface area (Å²) in [5, 5.41) is 6.81. The molecule has 1 fully saturated rings. The largest absolute Gasteiger partial charge is 0.339 e. The second-order valence-corrected chi connectivity index (χ2v) is 6.32. The number of rotatable bonds is 5. The number of anilines is 1. The molecule has 0 bridgehead atoms. The van der Waals surface area contributed by atoms with E-state index in [-0.39, 0.29) is 37.3 Å². The predicted molar refractivity (Wildman–Crippen MR) is 99.3 cm³/mol. The molecule has 0 saturated carbocycles. The Kier molecular flexibility index (Phi) is 8.80. The number of piperazine rings is 1. The van der Waals surface area contributed by atoms with Crippen LogP contribution in [0.4, 0.5) is 5.69 Å². The molecular weight excluding hydrogens is 375 g/mol. The first kappa shape index (κ1) is 21.0. The third kappa shape index (κ3) is 6.45. The average molecular weight is 396 g/mol. The zero-order valence-corrected chi connectivity index (χ0v) is 15.7. The van der Waals surface area contributed by atoms with Crippen molar-refractivity contribution in [2.24, 2.45) is 0 Å². The van der Waals surface area contributed by atoms with Gasteiger partial charge in [-0.25, -0.2) is 0 Å². The molecule has 2 amide bonds. The highest BCUT2D eigenvalue weighted by Crippen LogP contribution is 2.25. The highest BCUT2D eigenvalue weighted by molar-refractivity contribution is 6.35. The lowest BCUT2D eigenvalue weighted by Crippen LogP contribution is -2.49. The number of amides is 2. The molecular formula is C15H21Cl3N4O2. The first-order chi connectivity index (χ1) is 11.0. The molecule has 0 aromatic heterocycles. The van der Waals surface area contributed by atoms with Crippen LogP contribution in [0.25, 0.3) is 0 Å². The number of likely N-dealkylation sites (N-methyl/N-ethyl adjacent to an activating group) is 1. The van der Waals surface area contributed by atoms with Crippen LogP contribution in [0.3, 0.4) is 0 Å². The molecule has 0 atom stereocenters. The lowest BCUT2D eigenvalue weighted by Gasteiger charge is -2.29. The van der Waals surface area contributed by atoms with Crippen LogP contribution in [-0.4, -0.2) is 67.9 Å². The van der Waals surface area contributed by atoms with Gasteiger partial charge in [-0.15, -0.1) is 12.4 Å². The summed E-state index contributed by atoms with van der Waals surface area (Å²) in [6, 6.07) is 4.86. The number of carbonyl (C=O) groups excluding carboxylic acids is 2. The van der Waals surface area contributed by atoms with E-state index in [0.29, 0.717) is 28.8 Å². The first-order valence-electron chi connectivity index (χ1n) is 7.37. The lowest BCUT2D eigenvalue weighted by molar-refractivity contribution is -0.133. The smallest absolute Gasteiger partial charge is 0.238 e. The van der Waals surface area contributed by atoms with Crippen molar-refractivity contribution in [2.75, 3.05) is 51.6 Å². The Bertz CT molecular complexity index is 580. The normalized spacial score (nSPS) is 14.2. The Balaban J connectivity index is 0.00000288. The van der Waals surface area contributed by atoms with Gasteiger partial charge in [-0.2, -0.15) is 0 Å². The molecule has 134 valence electrons. The minimum atomic E-state index is -0.246. The monoisotopic (exact) mass is 394 g/mol. The van der Waals surface area contributed by atoms with Crippen molar-refractivity contribution in [1.82, 2.24) is 15.1 Å². The van der Waals surface area contributed by atoms with Gasteiger partial charge in [0, 0.05) is 31.2 Å². The zero-order valence-electron chi connectivity index (χ0n) is 13.3. The molecule has 1 aromatic carbocycles. The Morgan fingerprint density at radius 1 is 1.25 bits per heavy atom. The van der Waals surface area contributed by atoms with E-state index in [0.717, 1.165) is 13.1 Å². The number of carbonyl (C=O) groups is 2. The number of nitrogens with zero attached hydrogens (tertiary/aromatic N) is 2. The van der Waals surface area contributed by atoms with Gasteiger partial charge in [-0.1, -0.05) is 23.2 Å². The molecule has 1 saturated heterocycles. The van der Waals surface area contributed by atoms with E-state index in [1.807, 2.05) is 0 Å². The van der Waals surface area contributed by atoms with Gasteiger partial charge >= 0.3 is 0 Å². The van der Waals surface area contributed by atoms with Crippen molar-refractivity contribution in [1.29, 1.82) is 0 Å². The van der Waals surface area contributed by atoms with E-state index in [4.69, 9.17) is 23.2 Å². The highest BCUT2D eigenvalue weighted by Gasteiger charge is 2.18. The number of hydrogen-bond donors (Lipinski definition) is 2. The van der Waals surface area contributed by atoms with E-state index in [9.17, 15) is 9.59 Å². The van der Waals surface area contributed by atoms with Gasteiger partial charge in [0.05, 0.1) is 23.8 Å². The van der Waals surface area contributed by atoms with Crippen molar-refractivity contribution in [2.45, 2.75) is 0 Å². The number of halogens is 3. The standard InChI is InChI=1S/C15H20Cl2N4O2.ClH/c1-20(10-15(23)21-6-4-18-5-7-21)9-14(22)19-13-8-11(16)2-3-12(13)17;/h2-3,8,18H,4-7,9-10H2,1H3,(H,19,22);1H. The minimum absolute atomic E-state index is 0. The fourth-order valence-corrected chi connectivity index (χ4v) is 2.67. The van der Waals surface area contributed by atoms with Crippen LogP contribution in [0.15, 0.2) is 18.2 Å². The van der Waals surface area contributed by atoms with Crippen LogP contribution >= 0.6 is 35.6 Å². The third-order valence-electron chi connectivity index (χ3n) is 3.49. The maximum absolute atomic E-state index is 12.1. The minimum Gasteiger partial charge on any atom is -0.339 e. The summed E-state index contributed by atoms with van der Waals surface area (Å²) < 4.78 is 0. The number of benzene rings is 1. The molecule has 0 spiro atoms. The second-order valence-electron chi connectivity index (χ2n) is 5.48. The Labute approximate surface area is 157 Å². The van der Waals surface area contributed by atoms with Crippen LogP contribution in [0, 0.1) is 0 Å². The van der Waals surface area contributed by atoms with Crippen molar-refractivity contribution < 1.29 is 9.59 Å². The van der Waals surface area contributed by atoms with Gasteiger partial charge in [-0.05, 0) is 25.2 Å². The van der Waals surface area contributed by atoms with Crippen LogP contribution < -0.4 is 10.6 Å². The zero-order chi connectivity index (χ0) is 16.8. The summed E-state index contributed by atoms with van der Waals surface area (Å²) in [5.74, 6) is -0.215. The molecule has 1 aromatic rings. The molecule has 0 aliphatic carbocycles. The van der Waals surface area contributed by atoms with Crippen LogP contribution in [0.5, 0.6) is 0 Å². The van der Waals surface area contributed by atoms with Gasteiger partial charge < -0.3 is 15.5 Å². The highest BCUT2D eigenvalue weighted by atomic mass is 35.5. The molecule has 0 unspecified atom stereocenters. The van der Waals surface area contributed by atoms with Crippen LogP contribution in [0.1, 0.15) is 0 Å². The van der Waals surface area contributed by atoms with Crippen LogP contribution in [-0.2, 0) is 9.59 Å². The van der Waals surface area contributed by atoms with E-state index in [1.54, 1.807) is 35.0 Å². The fourth-order valence-electron chi connectivity index (χ4n) is 2.33. The van der Waals surface area contributed by atoms with E-state index in [2.05, 4.69) is 10.6 Å². The molecule has 1 aliphatic heterocycles. The summed E-state index contributed by atoms with van der Waals surface area (Å²) in [6.07, 6.45) is 0. The molecule has 2 rings (SSSR count). The van der Waals surface area contributed by atoms with E-state index < -0.39 is 0 Å². The maximum atomic E-state index is 12.1. The van der Waals surface area contributed by atoms with E-state index >= 15 is 0 Å². The second kappa shape index (κ2) is 10.1. The average Bonchev–Trinajstić information content (AvgIpc) is 2.51. The summed E-state index contributed by atoms with van der Waals surface area (Å²) in [7, 11) is 1.74. The predicted octanol–water partition coefficient (Wildman–Crippen LogP) is 1.72. The SMILES string of the molecule is CN(CC(=O)Nc1cc(Cl)ccc1Cl)CC(=O)N1CCNCC1.Cl. The molecule has 1 aliphatic rings. The van der Waals surface area contributed by atoms with Gasteiger partial charge in [0.2, 0.25) is 11.8 Å². The topological polar surface area (TPSA) is 64.7 Å². The quantitative estimate of drug-likeness (QED) is 0.797. The number of hydrogen-bond acceptors (Lipinski definition) is 4. The summed E-state index contributed by atoms with van der Waals surface area (Å²) in [6.45, 7) is 3.33. The molecule has 24 heavy (non-hydrogen) atoms. The third-order valence-corrected chi connectivity index (χ3v) is 4.06. The van der Waals surface area contributed by atoms with Crippen molar-refractivity contribution in [3.63, 3.8) is 0 Å². The molecule has 1 heterocycles. The van der Waals surface area contributed by atoms with E-state index in [1.165, 1.54) is 0 Å².